The minimum Gasteiger partial charge on any atom is -0.495 e. The Balaban J connectivity index is 2.18. The van der Waals surface area contributed by atoms with Crippen molar-refractivity contribution in [1.82, 2.24) is 4.90 Å². The summed E-state index contributed by atoms with van der Waals surface area (Å²) in [6.07, 6.45) is 0. The second kappa shape index (κ2) is 6.23. The second-order valence-electron chi connectivity index (χ2n) is 4.90. The monoisotopic (exact) mass is 323 g/mol. The molecule has 2 aromatic heterocycles. The van der Waals surface area contributed by atoms with Gasteiger partial charge in [0, 0.05) is 11.9 Å². The fraction of sp³-hybridized carbons (Fsp3) is 0.333. The van der Waals surface area contributed by atoms with Gasteiger partial charge in [-0.1, -0.05) is 0 Å². The highest BCUT2D eigenvalue weighted by atomic mass is 32.1. The predicted octanol–water partition coefficient (Wildman–Crippen LogP) is 2.94. The van der Waals surface area contributed by atoms with Crippen molar-refractivity contribution in [2.75, 3.05) is 14.2 Å². The molecular formula is C15H17NO5S. The molecule has 2 rings (SSSR count). The Morgan fingerprint density at radius 1 is 1.36 bits per heavy atom. The van der Waals surface area contributed by atoms with E-state index in [0.717, 1.165) is 4.88 Å². The highest BCUT2D eigenvalue weighted by Crippen LogP contribution is 2.30. The average molecular weight is 323 g/mol. The number of hydrogen-bond acceptors (Lipinski definition) is 5. The van der Waals surface area contributed by atoms with Gasteiger partial charge in [-0.25, -0.2) is 4.79 Å². The molecule has 22 heavy (non-hydrogen) atoms. The summed E-state index contributed by atoms with van der Waals surface area (Å²) in [4.78, 5) is 26.4. The Morgan fingerprint density at radius 3 is 2.59 bits per heavy atom. The third kappa shape index (κ3) is 3.14. The molecular weight excluding hydrogens is 306 g/mol. The molecule has 0 aliphatic rings. The quantitative estimate of drug-likeness (QED) is 0.915. The van der Waals surface area contributed by atoms with E-state index in [1.165, 1.54) is 29.4 Å². The smallest absolute Gasteiger partial charge is 0.339 e. The maximum absolute atomic E-state index is 12.5. The molecule has 0 spiro atoms. The van der Waals surface area contributed by atoms with E-state index in [2.05, 4.69) is 0 Å². The first-order valence-corrected chi connectivity index (χ1v) is 7.37. The van der Waals surface area contributed by atoms with Gasteiger partial charge in [0.05, 0.1) is 13.7 Å². The summed E-state index contributed by atoms with van der Waals surface area (Å²) in [6, 6.07) is 3.25. The number of thiophene rings is 1. The molecule has 7 heteroatoms. The van der Waals surface area contributed by atoms with Gasteiger partial charge in [0.25, 0.3) is 5.91 Å². The molecule has 0 saturated heterocycles. The van der Waals surface area contributed by atoms with Crippen LogP contribution in [-0.2, 0) is 6.54 Å². The molecule has 1 N–H and O–H groups in total. The van der Waals surface area contributed by atoms with Crippen LogP contribution in [0.3, 0.4) is 0 Å². The minimum absolute atomic E-state index is 0.111. The molecule has 0 aromatic carbocycles. The van der Waals surface area contributed by atoms with E-state index in [1.807, 2.05) is 13.0 Å². The largest absolute Gasteiger partial charge is 0.495 e. The van der Waals surface area contributed by atoms with Crippen molar-refractivity contribution in [3.05, 3.63) is 39.0 Å². The molecule has 6 nitrogen and oxygen atoms in total. The molecule has 118 valence electrons. The van der Waals surface area contributed by atoms with Gasteiger partial charge < -0.3 is 19.2 Å². The molecule has 2 heterocycles. The number of rotatable bonds is 5. The summed E-state index contributed by atoms with van der Waals surface area (Å²) < 4.78 is 10.6. The number of carboxylic acid groups (broad SMARTS) is 1. The van der Waals surface area contributed by atoms with Crippen molar-refractivity contribution in [2.45, 2.75) is 20.4 Å². The van der Waals surface area contributed by atoms with Crippen LogP contribution in [0.15, 0.2) is 16.5 Å². The number of nitrogens with zero attached hydrogens (tertiary/aromatic N) is 1. The second-order valence-corrected chi connectivity index (χ2v) is 6.16. The summed E-state index contributed by atoms with van der Waals surface area (Å²) in [6.45, 7) is 3.67. The number of hydrogen-bond donors (Lipinski definition) is 1. The van der Waals surface area contributed by atoms with Crippen molar-refractivity contribution in [3.63, 3.8) is 0 Å². The molecule has 0 saturated carbocycles. The van der Waals surface area contributed by atoms with Crippen LogP contribution in [0.4, 0.5) is 0 Å². The topological polar surface area (TPSA) is 80.0 Å². The normalized spacial score (nSPS) is 10.5. The fourth-order valence-electron chi connectivity index (χ4n) is 2.10. The molecule has 0 fully saturated rings. The van der Waals surface area contributed by atoms with E-state index >= 15 is 0 Å². The predicted molar refractivity (Wildman–Crippen MR) is 81.8 cm³/mol. The first-order chi connectivity index (χ1) is 10.3. The van der Waals surface area contributed by atoms with Gasteiger partial charge in [0.15, 0.2) is 0 Å². The van der Waals surface area contributed by atoms with Gasteiger partial charge in [-0.2, -0.15) is 0 Å². The number of carbonyl (C=O) groups is 2. The number of ether oxygens (including phenoxy) is 1. The zero-order valence-electron chi connectivity index (χ0n) is 12.8. The summed E-state index contributed by atoms with van der Waals surface area (Å²) in [5, 5.41) is 9.02. The number of carbonyl (C=O) groups excluding carboxylic acids is 1. The van der Waals surface area contributed by atoms with Gasteiger partial charge in [0.2, 0.25) is 0 Å². The van der Waals surface area contributed by atoms with E-state index in [0.29, 0.717) is 22.1 Å². The van der Waals surface area contributed by atoms with E-state index in [1.54, 1.807) is 14.0 Å². The Labute approximate surface area is 131 Å². The van der Waals surface area contributed by atoms with Crippen LogP contribution in [0.1, 0.15) is 36.4 Å². The Morgan fingerprint density at radius 2 is 2.05 bits per heavy atom. The first kappa shape index (κ1) is 16.1. The summed E-state index contributed by atoms with van der Waals surface area (Å²) in [5.41, 5.74) is 0.111. The highest BCUT2D eigenvalue weighted by molar-refractivity contribution is 7.14. The molecule has 0 aliphatic heterocycles. The SMILES string of the molecule is COc1cc(C)sc1C(=O)N(C)Cc1cc(C(=O)O)c(C)o1. The molecule has 2 aromatic rings. The lowest BCUT2D eigenvalue weighted by molar-refractivity contribution is 0.0694. The van der Waals surface area contributed by atoms with E-state index in [4.69, 9.17) is 14.3 Å². The van der Waals surface area contributed by atoms with Crippen LogP contribution in [0, 0.1) is 13.8 Å². The molecule has 0 radical (unpaired) electrons. The summed E-state index contributed by atoms with van der Waals surface area (Å²) >= 11 is 1.36. The van der Waals surface area contributed by atoms with Crippen LogP contribution in [0.5, 0.6) is 5.75 Å². The average Bonchev–Trinajstić information content (AvgIpc) is 3.00. The van der Waals surface area contributed by atoms with Crippen LogP contribution in [0.2, 0.25) is 0 Å². The summed E-state index contributed by atoms with van der Waals surface area (Å²) in [7, 11) is 3.16. The van der Waals surface area contributed by atoms with E-state index < -0.39 is 5.97 Å². The van der Waals surface area contributed by atoms with Crippen molar-refractivity contribution >= 4 is 23.2 Å². The third-order valence-corrected chi connectivity index (χ3v) is 4.19. The molecule has 0 bridgehead atoms. The molecule has 0 unspecified atom stereocenters. The van der Waals surface area contributed by atoms with Crippen LogP contribution in [-0.4, -0.2) is 36.0 Å². The number of aromatic carboxylic acids is 1. The van der Waals surface area contributed by atoms with Crippen molar-refractivity contribution in [1.29, 1.82) is 0 Å². The highest BCUT2D eigenvalue weighted by Gasteiger charge is 2.22. The lowest BCUT2D eigenvalue weighted by Crippen LogP contribution is -2.25. The van der Waals surface area contributed by atoms with Gasteiger partial charge in [0.1, 0.15) is 27.7 Å². The minimum atomic E-state index is -1.04. The Bertz CT molecular complexity index is 716. The van der Waals surface area contributed by atoms with Crippen LogP contribution < -0.4 is 4.74 Å². The lowest BCUT2D eigenvalue weighted by atomic mass is 10.2. The van der Waals surface area contributed by atoms with Crippen molar-refractivity contribution in [3.8, 4) is 5.75 Å². The number of furan rings is 1. The van der Waals surface area contributed by atoms with E-state index in [9.17, 15) is 9.59 Å². The molecule has 0 atom stereocenters. The Hall–Kier alpha value is -2.28. The van der Waals surface area contributed by atoms with Crippen molar-refractivity contribution < 1.29 is 23.8 Å². The first-order valence-electron chi connectivity index (χ1n) is 6.56. The number of methoxy groups -OCH3 is 1. The van der Waals surface area contributed by atoms with Gasteiger partial charge in [-0.05, 0) is 26.0 Å². The van der Waals surface area contributed by atoms with Gasteiger partial charge in [-0.15, -0.1) is 11.3 Å². The number of aryl methyl sites for hydroxylation is 2. The zero-order chi connectivity index (χ0) is 16.4. The summed E-state index contributed by atoms with van der Waals surface area (Å²) in [5.74, 6) is 0.0602. The standard InChI is InChI=1S/C15H17NO5S/c1-8-5-12(20-4)13(22-8)14(17)16(3)7-10-6-11(15(18)19)9(2)21-10/h5-6H,7H2,1-4H3,(H,18,19). The maximum Gasteiger partial charge on any atom is 0.339 e. The van der Waals surface area contributed by atoms with Gasteiger partial charge >= 0.3 is 5.97 Å². The number of carboxylic acids is 1. The number of amides is 1. The molecule has 1 amide bonds. The maximum atomic E-state index is 12.5. The third-order valence-electron chi connectivity index (χ3n) is 3.17. The zero-order valence-corrected chi connectivity index (χ0v) is 13.6. The lowest BCUT2D eigenvalue weighted by Gasteiger charge is -2.15. The van der Waals surface area contributed by atoms with Crippen LogP contribution >= 0.6 is 11.3 Å². The fourth-order valence-corrected chi connectivity index (χ4v) is 3.08. The van der Waals surface area contributed by atoms with Crippen molar-refractivity contribution in [2.24, 2.45) is 0 Å². The van der Waals surface area contributed by atoms with E-state index in [-0.39, 0.29) is 18.0 Å². The van der Waals surface area contributed by atoms with Gasteiger partial charge in [-0.3, -0.25) is 4.79 Å². The Kier molecular flexibility index (Phi) is 4.56. The molecule has 0 aliphatic carbocycles. The van der Waals surface area contributed by atoms with Crippen LogP contribution in [0.25, 0.3) is 0 Å².